The van der Waals surface area contributed by atoms with Crippen molar-refractivity contribution in [2.24, 2.45) is 0 Å². The van der Waals surface area contributed by atoms with Crippen LogP contribution in [0.25, 0.3) is 21.8 Å². The van der Waals surface area contributed by atoms with Gasteiger partial charge in [-0.1, -0.05) is 52.3 Å². The van der Waals surface area contributed by atoms with Crippen LogP contribution in [0.4, 0.5) is 0 Å². The number of nitrogens with one attached hydrogen (secondary N) is 1. The van der Waals surface area contributed by atoms with Gasteiger partial charge in [0.25, 0.3) is 0 Å². The quantitative estimate of drug-likeness (QED) is 0.160. The fourth-order valence-electron chi connectivity index (χ4n) is 3.60. The van der Waals surface area contributed by atoms with E-state index in [1.54, 1.807) is 0 Å². The third kappa shape index (κ3) is 10.6. The van der Waals surface area contributed by atoms with Gasteiger partial charge >= 0.3 is 11.9 Å². The lowest BCUT2D eigenvalue weighted by molar-refractivity contribution is -0.156. The fourth-order valence-corrected chi connectivity index (χ4v) is 3.72. The number of hydrogen-bond donors (Lipinski definition) is 1. The molecular formula is C30H37BrN4O6. The standard InChI is InChI=1S/C15H18N2O3.C9H8N2O.C6H11BrO2/c1-10(18)14-11-7-5-6-8-12(11)17(16-14)9-13(19)20-15(2,3)4;1-6(12)9-7-4-2-3-5-8(7)10-11-9;1-6(2,3)9-5(8)4-7/h5-8H,9H2,1-4H3;2-5H,1H3,(H,10,11);4H2,1-3H3. The van der Waals surface area contributed by atoms with Crippen molar-refractivity contribution in [2.45, 2.75) is 73.1 Å². The number of aromatic nitrogens is 4. The van der Waals surface area contributed by atoms with Gasteiger partial charge in [-0.3, -0.25) is 29.0 Å². The predicted molar refractivity (Wildman–Crippen MR) is 161 cm³/mol. The Kier molecular flexibility index (Phi) is 11.5. The van der Waals surface area contributed by atoms with Crippen LogP contribution in [-0.2, 0) is 25.6 Å². The van der Waals surface area contributed by atoms with Crippen molar-refractivity contribution in [3.63, 3.8) is 0 Å². The summed E-state index contributed by atoms with van der Waals surface area (Å²) >= 11 is 2.99. The summed E-state index contributed by atoms with van der Waals surface area (Å²) in [4.78, 5) is 45.1. The summed E-state index contributed by atoms with van der Waals surface area (Å²) in [6, 6.07) is 14.9. The van der Waals surface area contributed by atoms with Crippen molar-refractivity contribution in [1.82, 2.24) is 20.0 Å². The monoisotopic (exact) mass is 628 g/mol. The van der Waals surface area contributed by atoms with Crippen molar-refractivity contribution in [3.8, 4) is 0 Å². The molecule has 0 atom stereocenters. The highest BCUT2D eigenvalue weighted by molar-refractivity contribution is 9.09. The maximum Gasteiger partial charge on any atom is 0.328 e. The molecule has 11 heteroatoms. The van der Waals surface area contributed by atoms with E-state index < -0.39 is 5.60 Å². The SMILES string of the molecule is CC(=O)c1n[nH]c2ccccc12.CC(=O)c1nn(CC(=O)OC(C)(C)C)c2ccccc12.CC(C)(C)OC(=O)CBr. The van der Waals surface area contributed by atoms with Crippen LogP contribution in [-0.4, -0.2) is 60.0 Å². The molecular weight excluding hydrogens is 592 g/mol. The molecule has 0 aliphatic carbocycles. The molecule has 2 aromatic heterocycles. The minimum atomic E-state index is -0.538. The van der Waals surface area contributed by atoms with Gasteiger partial charge in [0.1, 0.15) is 34.5 Å². The Bertz CT molecular complexity index is 1530. The van der Waals surface area contributed by atoms with E-state index in [9.17, 15) is 19.2 Å². The lowest BCUT2D eigenvalue weighted by Crippen LogP contribution is -2.26. The van der Waals surface area contributed by atoms with Crippen LogP contribution >= 0.6 is 15.9 Å². The van der Waals surface area contributed by atoms with Crippen molar-refractivity contribution < 1.29 is 28.7 Å². The fraction of sp³-hybridized carbons (Fsp3) is 0.400. The molecule has 220 valence electrons. The molecule has 0 radical (unpaired) electrons. The molecule has 0 aliphatic rings. The molecule has 0 amide bonds. The van der Waals surface area contributed by atoms with E-state index in [0.29, 0.717) is 11.4 Å². The van der Waals surface area contributed by atoms with Gasteiger partial charge in [-0.2, -0.15) is 10.2 Å². The summed E-state index contributed by atoms with van der Waals surface area (Å²) in [6.45, 7) is 13.9. The molecule has 2 heterocycles. The number of aromatic amines is 1. The second-order valence-corrected chi connectivity index (χ2v) is 11.6. The molecule has 0 fully saturated rings. The van der Waals surface area contributed by atoms with E-state index in [2.05, 4.69) is 31.2 Å². The van der Waals surface area contributed by atoms with Crippen molar-refractivity contribution in [2.75, 3.05) is 5.33 Å². The average molecular weight is 630 g/mol. The van der Waals surface area contributed by atoms with E-state index in [-0.39, 0.29) is 41.0 Å². The number of alkyl halides is 1. The Morgan fingerprint density at radius 2 is 1.29 bits per heavy atom. The molecule has 0 bridgehead atoms. The molecule has 0 spiro atoms. The molecule has 1 N–H and O–H groups in total. The number of ether oxygens (including phenoxy) is 2. The summed E-state index contributed by atoms with van der Waals surface area (Å²) in [7, 11) is 0. The second-order valence-electron chi connectivity index (χ2n) is 11.1. The zero-order chi connectivity index (χ0) is 31.0. The Morgan fingerprint density at radius 1 is 0.780 bits per heavy atom. The first-order valence-corrected chi connectivity index (χ1v) is 14.0. The first-order valence-electron chi connectivity index (χ1n) is 12.9. The lowest BCUT2D eigenvalue weighted by Gasteiger charge is -2.19. The zero-order valence-corrected chi connectivity index (χ0v) is 26.3. The van der Waals surface area contributed by atoms with Crippen LogP contribution in [0.2, 0.25) is 0 Å². The normalized spacial score (nSPS) is 11.1. The number of ketones is 2. The molecule has 0 unspecified atom stereocenters. The number of fused-ring (bicyclic) bond motifs is 2. The van der Waals surface area contributed by atoms with Crippen LogP contribution in [0.15, 0.2) is 48.5 Å². The smallest absolute Gasteiger partial charge is 0.328 e. The highest BCUT2D eigenvalue weighted by Gasteiger charge is 2.20. The Morgan fingerprint density at radius 3 is 1.80 bits per heavy atom. The van der Waals surface area contributed by atoms with Gasteiger partial charge in [0.05, 0.1) is 11.0 Å². The van der Waals surface area contributed by atoms with Gasteiger partial charge in [-0.05, 0) is 53.7 Å². The maximum absolute atomic E-state index is 11.9. The minimum Gasteiger partial charge on any atom is -0.459 e. The van der Waals surface area contributed by atoms with Gasteiger partial charge in [0.2, 0.25) is 0 Å². The third-order valence-corrected chi connectivity index (χ3v) is 5.48. The molecule has 4 aromatic rings. The number of rotatable bonds is 5. The molecule has 10 nitrogen and oxygen atoms in total. The van der Waals surface area contributed by atoms with Crippen LogP contribution in [0, 0.1) is 0 Å². The number of hydrogen-bond acceptors (Lipinski definition) is 8. The number of carbonyl (C=O) groups excluding carboxylic acids is 4. The lowest BCUT2D eigenvalue weighted by atomic mass is 10.2. The van der Waals surface area contributed by atoms with Crippen molar-refractivity contribution >= 4 is 61.2 Å². The Labute approximate surface area is 247 Å². The number of H-pyrrole nitrogens is 1. The molecule has 4 rings (SSSR count). The van der Waals surface area contributed by atoms with Crippen molar-refractivity contribution in [3.05, 3.63) is 59.9 Å². The van der Waals surface area contributed by atoms with Gasteiger partial charge in [-0.15, -0.1) is 0 Å². The molecule has 0 aliphatic heterocycles. The number of carbonyl (C=O) groups is 4. The van der Waals surface area contributed by atoms with Gasteiger partial charge in [0, 0.05) is 24.6 Å². The number of esters is 2. The Balaban J connectivity index is 0.000000238. The maximum atomic E-state index is 11.9. The van der Waals surface area contributed by atoms with Crippen LogP contribution in [0.3, 0.4) is 0 Å². The summed E-state index contributed by atoms with van der Waals surface area (Å²) in [5, 5.41) is 12.9. The number of nitrogens with zero attached hydrogens (tertiary/aromatic N) is 3. The Hall–Kier alpha value is -3.86. The number of benzene rings is 2. The van der Waals surface area contributed by atoms with Crippen LogP contribution in [0.5, 0.6) is 0 Å². The predicted octanol–water partition coefficient (Wildman–Crippen LogP) is 6.07. The molecule has 0 saturated heterocycles. The van der Waals surface area contributed by atoms with E-state index in [4.69, 9.17) is 9.47 Å². The van der Waals surface area contributed by atoms with E-state index in [1.807, 2.05) is 90.1 Å². The molecule has 0 saturated carbocycles. The van der Waals surface area contributed by atoms with Crippen LogP contribution < -0.4 is 0 Å². The van der Waals surface area contributed by atoms with E-state index >= 15 is 0 Å². The zero-order valence-electron chi connectivity index (χ0n) is 24.7. The molecule has 2 aromatic carbocycles. The average Bonchev–Trinajstić information content (AvgIpc) is 3.45. The van der Waals surface area contributed by atoms with Crippen molar-refractivity contribution in [1.29, 1.82) is 0 Å². The summed E-state index contributed by atoms with van der Waals surface area (Å²) < 4.78 is 11.7. The number of halogens is 1. The number of para-hydroxylation sites is 2. The van der Waals surface area contributed by atoms with E-state index in [0.717, 1.165) is 21.8 Å². The van der Waals surface area contributed by atoms with Gasteiger partial charge in [0.15, 0.2) is 11.6 Å². The summed E-state index contributed by atoms with van der Waals surface area (Å²) in [5.74, 6) is -0.722. The first-order chi connectivity index (χ1) is 19.0. The summed E-state index contributed by atoms with van der Waals surface area (Å²) in [5.41, 5.74) is 1.66. The molecule has 41 heavy (non-hydrogen) atoms. The third-order valence-electron chi connectivity index (χ3n) is 5.02. The highest BCUT2D eigenvalue weighted by Crippen LogP contribution is 2.19. The highest BCUT2D eigenvalue weighted by atomic mass is 79.9. The summed E-state index contributed by atoms with van der Waals surface area (Å²) in [6.07, 6.45) is 0. The first kappa shape index (κ1) is 33.3. The second kappa shape index (κ2) is 14.2. The van der Waals surface area contributed by atoms with Gasteiger partial charge in [-0.25, -0.2) is 0 Å². The topological polar surface area (TPSA) is 133 Å². The van der Waals surface area contributed by atoms with E-state index in [1.165, 1.54) is 18.5 Å². The largest absolute Gasteiger partial charge is 0.459 e. The van der Waals surface area contributed by atoms with Crippen LogP contribution in [0.1, 0.15) is 76.4 Å². The van der Waals surface area contributed by atoms with Gasteiger partial charge < -0.3 is 9.47 Å². The minimum absolute atomic E-state index is 0.00699. The number of Topliss-reactive ketones (excluding diaryl/α,β-unsaturated/α-hetero) is 2.